The number of guanidine groups is 1. The van der Waals surface area contributed by atoms with Gasteiger partial charge in [-0.05, 0) is 26.8 Å². The maximum absolute atomic E-state index is 12.7. The third-order valence-corrected chi connectivity index (χ3v) is 4.60. The number of rotatable bonds is 6. The SMILES string of the molecule is CCNC(=NCc1nc(C(F)(F)F)cs1)NC(C)c1cc(C)ccc1OC. The number of ether oxygens (including phenoxy) is 1. The van der Waals surface area contributed by atoms with Gasteiger partial charge in [-0.15, -0.1) is 11.3 Å². The predicted octanol–water partition coefficient (Wildman–Crippen LogP) is 4.30. The van der Waals surface area contributed by atoms with Crippen molar-refractivity contribution in [1.29, 1.82) is 0 Å². The summed E-state index contributed by atoms with van der Waals surface area (Å²) in [5.74, 6) is 1.25. The summed E-state index contributed by atoms with van der Waals surface area (Å²) in [6.45, 7) is 6.56. The Morgan fingerprint density at radius 2 is 2.11 bits per heavy atom. The predicted molar refractivity (Wildman–Crippen MR) is 101 cm³/mol. The first-order valence-electron chi connectivity index (χ1n) is 8.45. The van der Waals surface area contributed by atoms with Crippen LogP contribution in [0.2, 0.25) is 0 Å². The summed E-state index contributed by atoms with van der Waals surface area (Å²) < 4.78 is 43.4. The summed E-state index contributed by atoms with van der Waals surface area (Å²) in [6, 6.07) is 5.78. The van der Waals surface area contributed by atoms with Gasteiger partial charge in [0.25, 0.3) is 0 Å². The van der Waals surface area contributed by atoms with Gasteiger partial charge in [0.1, 0.15) is 10.8 Å². The number of hydrogen-bond acceptors (Lipinski definition) is 4. The highest BCUT2D eigenvalue weighted by molar-refractivity contribution is 7.09. The molecule has 2 rings (SSSR count). The molecule has 1 atom stereocenters. The molecule has 9 heteroatoms. The largest absolute Gasteiger partial charge is 0.496 e. The van der Waals surface area contributed by atoms with E-state index in [4.69, 9.17) is 4.74 Å². The van der Waals surface area contributed by atoms with E-state index in [1.807, 2.05) is 39.0 Å². The molecule has 0 aliphatic heterocycles. The standard InChI is InChI=1S/C18H23F3N4OS/c1-5-22-17(23-9-16-25-15(10-27-16)18(19,20)21)24-12(3)13-8-11(2)6-7-14(13)26-4/h6-8,10,12H,5,9H2,1-4H3,(H2,22,23,24). The van der Waals surface area contributed by atoms with Crippen molar-refractivity contribution in [1.82, 2.24) is 15.6 Å². The van der Waals surface area contributed by atoms with Crippen LogP contribution in [0.1, 0.15) is 41.7 Å². The van der Waals surface area contributed by atoms with Crippen LogP contribution >= 0.6 is 11.3 Å². The van der Waals surface area contributed by atoms with E-state index >= 15 is 0 Å². The van der Waals surface area contributed by atoms with E-state index in [-0.39, 0.29) is 12.6 Å². The minimum atomic E-state index is -4.43. The lowest BCUT2D eigenvalue weighted by atomic mass is 10.0. The molecule has 0 fully saturated rings. The van der Waals surface area contributed by atoms with Gasteiger partial charge in [0.2, 0.25) is 0 Å². The number of nitrogens with one attached hydrogen (secondary N) is 2. The maximum atomic E-state index is 12.7. The normalized spacial score (nSPS) is 13.4. The Hall–Kier alpha value is -2.29. The number of alkyl halides is 3. The van der Waals surface area contributed by atoms with Gasteiger partial charge in [0, 0.05) is 17.5 Å². The number of thiazole rings is 1. The van der Waals surface area contributed by atoms with Crippen LogP contribution in [0, 0.1) is 6.92 Å². The van der Waals surface area contributed by atoms with Gasteiger partial charge in [-0.25, -0.2) is 9.98 Å². The Morgan fingerprint density at radius 3 is 2.70 bits per heavy atom. The fraction of sp³-hybridized carbons (Fsp3) is 0.444. The van der Waals surface area contributed by atoms with Gasteiger partial charge in [-0.3, -0.25) is 0 Å². The Morgan fingerprint density at radius 1 is 1.37 bits per heavy atom. The van der Waals surface area contributed by atoms with E-state index in [1.54, 1.807) is 7.11 Å². The molecule has 148 valence electrons. The third kappa shape index (κ3) is 5.85. The molecule has 2 N–H and O–H groups in total. The zero-order valence-electron chi connectivity index (χ0n) is 15.6. The molecular formula is C18H23F3N4OS. The quantitative estimate of drug-likeness (QED) is 0.561. The zero-order chi connectivity index (χ0) is 20.0. The van der Waals surface area contributed by atoms with E-state index in [0.717, 1.165) is 33.6 Å². The van der Waals surface area contributed by atoms with Crippen LogP contribution in [-0.2, 0) is 12.7 Å². The Bertz CT molecular complexity index is 789. The zero-order valence-corrected chi connectivity index (χ0v) is 16.5. The number of halogens is 3. The summed E-state index contributed by atoms with van der Waals surface area (Å²) in [5, 5.41) is 7.66. The molecule has 0 spiro atoms. The van der Waals surface area contributed by atoms with Crippen LogP contribution in [-0.4, -0.2) is 24.6 Å². The second-order valence-corrected chi connectivity index (χ2v) is 6.87. The highest BCUT2D eigenvalue weighted by atomic mass is 32.1. The van der Waals surface area contributed by atoms with Gasteiger partial charge >= 0.3 is 6.18 Å². The van der Waals surface area contributed by atoms with E-state index in [9.17, 15) is 13.2 Å². The smallest absolute Gasteiger partial charge is 0.434 e. The number of nitrogens with zero attached hydrogens (tertiary/aromatic N) is 2. The van der Waals surface area contributed by atoms with Crippen LogP contribution in [0.3, 0.4) is 0 Å². The van der Waals surface area contributed by atoms with Crippen LogP contribution in [0.25, 0.3) is 0 Å². The number of methoxy groups -OCH3 is 1. The van der Waals surface area contributed by atoms with Gasteiger partial charge in [0.15, 0.2) is 11.7 Å². The van der Waals surface area contributed by atoms with E-state index in [2.05, 4.69) is 20.6 Å². The van der Waals surface area contributed by atoms with Gasteiger partial charge in [-0.1, -0.05) is 17.7 Å². The average molecular weight is 400 g/mol. The highest BCUT2D eigenvalue weighted by Gasteiger charge is 2.33. The number of hydrogen-bond donors (Lipinski definition) is 2. The molecule has 2 aromatic rings. The lowest BCUT2D eigenvalue weighted by molar-refractivity contribution is -0.140. The summed E-state index contributed by atoms with van der Waals surface area (Å²) in [5.41, 5.74) is 1.19. The summed E-state index contributed by atoms with van der Waals surface area (Å²) >= 11 is 0.946. The van der Waals surface area contributed by atoms with Gasteiger partial charge in [0.05, 0.1) is 19.7 Å². The molecule has 0 aliphatic carbocycles. The number of aliphatic imine (C=N–C) groups is 1. The molecule has 27 heavy (non-hydrogen) atoms. The maximum Gasteiger partial charge on any atom is 0.434 e. The van der Waals surface area contributed by atoms with Crippen molar-refractivity contribution in [3.8, 4) is 5.75 Å². The first-order valence-corrected chi connectivity index (χ1v) is 9.33. The van der Waals surface area contributed by atoms with Crippen molar-refractivity contribution >= 4 is 17.3 Å². The lowest BCUT2D eigenvalue weighted by Gasteiger charge is -2.20. The monoisotopic (exact) mass is 400 g/mol. The fourth-order valence-electron chi connectivity index (χ4n) is 2.46. The van der Waals surface area contributed by atoms with E-state index < -0.39 is 11.9 Å². The summed E-state index contributed by atoms with van der Waals surface area (Å²) in [7, 11) is 1.61. The first kappa shape index (κ1) is 21.0. The Kier molecular flexibility index (Phi) is 7.06. The molecule has 5 nitrogen and oxygen atoms in total. The Balaban J connectivity index is 2.13. The van der Waals surface area contributed by atoms with Crippen molar-refractivity contribution in [2.45, 2.75) is 39.5 Å². The van der Waals surface area contributed by atoms with Crippen LogP contribution < -0.4 is 15.4 Å². The minimum Gasteiger partial charge on any atom is -0.496 e. The molecule has 0 aliphatic rings. The molecule has 1 unspecified atom stereocenters. The molecule has 0 radical (unpaired) electrons. The molecule has 1 aromatic carbocycles. The summed E-state index contributed by atoms with van der Waals surface area (Å²) in [6.07, 6.45) is -4.43. The van der Waals surface area contributed by atoms with Gasteiger partial charge < -0.3 is 15.4 Å². The molecule has 1 aromatic heterocycles. The molecule has 0 bridgehead atoms. The van der Waals surface area contributed by atoms with Crippen molar-refractivity contribution in [3.63, 3.8) is 0 Å². The lowest BCUT2D eigenvalue weighted by Crippen LogP contribution is -2.38. The molecule has 1 heterocycles. The topological polar surface area (TPSA) is 58.5 Å². The van der Waals surface area contributed by atoms with Crippen molar-refractivity contribution in [2.24, 2.45) is 4.99 Å². The van der Waals surface area contributed by atoms with E-state index in [1.165, 1.54) is 0 Å². The molecule has 0 amide bonds. The van der Waals surface area contributed by atoms with Crippen LogP contribution in [0.4, 0.5) is 13.2 Å². The number of aromatic nitrogens is 1. The number of benzene rings is 1. The van der Waals surface area contributed by atoms with Crippen molar-refractivity contribution in [2.75, 3.05) is 13.7 Å². The second-order valence-electron chi connectivity index (χ2n) is 5.93. The van der Waals surface area contributed by atoms with Crippen LogP contribution in [0.15, 0.2) is 28.6 Å². The highest BCUT2D eigenvalue weighted by Crippen LogP contribution is 2.30. The van der Waals surface area contributed by atoms with Crippen LogP contribution in [0.5, 0.6) is 5.75 Å². The van der Waals surface area contributed by atoms with E-state index in [0.29, 0.717) is 17.5 Å². The first-order chi connectivity index (χ1) is 12.7. The Labute approximate surface area is 160 Å². The fourth-order valence-corrected chi connectivity index (χ4v) is 3.18. The second kappa shape index (κ2) is 9.07. The number of aryl methyl sites for hydroxylation is 1. The van der Waals surface area contributed by atoms with Crippen molar-refractivity contribution < 1.29 is 17.9 Å². The van der Waals surface area contributed by atoms with Gasteiger partial charge in [-0.2, -0.15) is 13.2 Å². The average Bonchev–Trinajstić information content (AvgIpc) is 3.09. The molecular weight excluding hydrogens is 377 g/mol. The third-order valence-electron chi connectivity index (χ3n) is 3.76. The molecule has 0 saturated heterocycles. The molecule has 0 saturated carbocycles. The van der Waals surface area contributed by atoms with Crippen molar-refractivity contribution in [3.05, 3.63) is 45.4 Å². The summed E-state index contributed by atoms with van der Waals surface area (Å²) in [4.78, 5) is 7.96. The minimum absolute atomic E-state index is 0.0632.